The molecular formula is C29H27N5O3S. The number of nitrogens with zero attached hydrogens (tertiary/aromatic N) is 5. The molecule has 0 N–H and O–H groups in total. The summed E-state index contributed by atoms with van der Waals surface area (Å²) in [5.41, 5.74) is 3.78. The first-order valence-electron chi connectivity index (χ1n) is 12.3. The molecule has 0 aliphatic carbocycles. The molecule has 0 spiro atoms. The highest BCUT2D eigenvalue weighted by molar-refractivity contribution is 7.99. The number of ether oxygens (including phenoxy) is 2. The predicted molar refractivity (Wildman–Crippen MR) is 146 cm³/mol. The Bertz CT molecular complexity index is 1460. The van der Waals surface area contributed by atoms with Gasteiger partial charge in [0.1, 0.15) is 6.61 Å². The minimum Gasteiger partial charge on any atom is -0.485 e. The van der Waals surface area contributed by atoms with Crippen molar-refractivity contribution in [3.63, 3.8) is 0 Å². The third-order valence-corrected chi connectivity index (χ3v) is 6.97. The van der Waals surface area contributed by atoms with Crippen LogP contribution in [0.25, 0.3) is 5.69 Å². The summed E-state index contributed by atoms with van der Waals surface area (Å²) >= 11 is 1.30. The average Bonchev–Trinajstić information content (AvgIpc) is 3.36. The summed E-state index contributed by atoms with van der Waals surface area (Å²) in [6.45, 7) is 4.61. The molecule has 8 nitrogen and oxygen atoms in total. The summed E-state index contributed by atoms with van der Waals surface area (Å²) < 4.78 is 14.1. The van der Waals surface area contributed by atoms with Gasteiger partial charge >= 0.3 is 0 Å². The van der Waals surface area contributed by atoms with Crippen molar-refractivity contribution >= 4 is 23.4 Å². The second-order valence-electron chi connectivity index (χ2n) is 8.96. The minimum absolute atomic E-state index is 0.106. The third-order valence-electron chi connectivity index (χ3n) is 6.06. The first kappa shape index (κ1) is 25.4. The largest absolute Gasteiger partial charge is 0.485 e. The van der Waals surface area contributed by atoms with Gasteiger partial charge in [0.15, 0.2) is 28.6 Å². The highest BCUT2D eigenvalue weighted by atomic mass is 32.2. The van der Waals surface area contributed by atoms with Crippen LogP contribution in [0.5, 0.6) is 11.5 Å². The maximum absolute atomic E-state index is 13.4. The van der Waals surface area contributed by atoms with Gasteiger partial charge < -0.3 is 14.4 Å². The van der Waals surface area contributed by atoms with Gasteiger partial charge in [-0.3, -0.25) is 9.36 Å². The number of para-hydroxylation sites is 3. The molecule has 192 valence electrons. The van der Waals surface area contributed by atoms with Gasteiger partial charge in [0.25, 0.3) is 0 Å². The zero-order chi connectivity index (χ0) is 26.5. The first-order valence-corrected chi connectivity index (χ1v) is 13.3. The maximum atomic E-state index is 13.4. The van der Waals surface area contributed by atoms with Gasteiger partial charge in [-0.15, -0.1) is 10.2 Å². The molecule has 5 rings (SSSR count). The molecule has 1 atom stereocenters. The molecule has 3 aromatic carbocycles. The summed E-state index contributed by atoms with van der Waals surface area (Å²) in [6.07, 6.45) is -0.223. The number of fused-ring (bicyclic) bond motifs is 1. The lowest BCUT2D eigenvalue weighted by atomic mass is 10.1. The number of carbonyl (C=O) groups is 1. The van der Waals surface area contributed by atoms with Gasteiger partial charge in [-0.05, 0) is 61.4 Å². The molecule has 9 heteroatoms. The second-order valence-corrected chi connectivity index (χ2v) is 9.91. The molecule has 1 aliphatic rings. The Hall–Kier alpha value is -4.29. The van der Waals surface area contributed by atoms with E-state index in [-0.39, 0.29) is 18.1 Å². The Balaban J connectivity index is 1.41. The lowest BCUT2D eigenvalue weighted by molar-refractivity contribution is -0.116. The van der Waals surface area contributed by atoms with E-state index < -0.39 is 6.10 Å². The standard InChI is InChI=1S/C29H27N5O3S/c1-20-15-21(2)17-23(16-20)33(14-8-13-30)27(35)19-38-29-32-31-28(34(29)22-9-4-3-5-10-22)26-18-36-24-11-6-7-12-25(24)37-26/h3-7,9-12,15-17,26H,8,14,18-19H2,1-2H3/t26-/m1/s1. The zero-order valence-corrected chi connectivity index (χ0v) is 22.0. The molecule has 0 unspecified atom stereocenters. The molecule has 4 aromatic rings. The van der Waals surface area contributed by atoms with Crippen molar-refractivity contribution in [3.05, 3.63) is 89.7 Å². The van der Waals surface area contributed by atoms with Crippen LogP contribution in [0.3, 0.4) is 0 Å². The molecule has 1 aliphatic heterocycles. The quantitative estimate of drug-likeness (QED) is 0.283. The molecular weight excluding hydrogens is 498 g/mol. The van der Waals surface area contributed by atoms with Crippen LogP contribution in [0.15, 0.2) is 78.0 Å². The summed E-state index contributed by atoms with van der Waals surface area (Å²) in [6, 6.07) is 25.4. The van der Waals surface area contributed by atoms with Crippen molar-refractivity contribution in [2.45, 2.75) is 31.5 Å². The van der Waals surface area contributed by atoms with Crippen molar-refractivity contribution in [3.8, 4) is 23.3 Å². The smallest absolute Gasteiger partial charge is 0.237 e. The number of nitriles is 1. The van der Waals surface area contributed by atoms with Crippen molar-refractivity contribution < 1.29 is 14.3 Å². The molecule has 0 saturated carbocycles. The predicted octanol–water partition coefficient (Wildman–Crippen LogP) is 5.44. The van der Waals surface area contributed by atoms with E-state index in [0.29, 0.717) is 35.6 Å². The van der Waals surface area contributed by atoms with E-state index in [0.717, 1.165) is 22.5 Å². The van der Waals surface area contributed by atoms with E-state index in [2.05, 4.69) is 22.3 Å². The summed E-state index contributed by atoms with van der Waals surface area (Å²) in [5.74, 6) is 1.96. The fourth-order valence-electron chi connectivity index (χ4n) is 4.42. The Morgan fingerprint density at radius 1 is 1.05 bits per heavy atom. The highest BCUT2D eigenvalue weighted by Gasteiger charge is 2.29. The monoisotopic (exact) mass is 525 g/mol. The number of aryl methyl sites for hydroxylation is 2. The normalized spacial score (nSPS) is 14.1. The number of anilines is 1. The Labute approximate surface area is 225 Å². The molecule has 1 aromatic heterocycles. The van der Waals surface area contributed by atoms with Crippen molar-refractivity contribution in [1.29, 1.82) is 5.26 Å². The molecule has 38 heavy (non-hydrogen) atoms. The first-order chi connectivity index (χ1) is 18.5. The van der Waals surface area contributed by atoms with Gasteiger partial charge in [-0.25, -0.2) is 0 Å². The number of thioether (sulfide) groups is 1. The van der Waals surface area contributed by atoms with Crippen LogP contribution in [0, 0.1) is 25.2 Å². The van der Waals surface area contributed by atoms with E-state index in [1.165, 1.54) is 11.8 Å². The van der Waals surface area contributed by atoms with Gasteiger partial charge in [0, 0.05) is 17.9 Å². The van der Waals surface area contributed by atoms with Crippen molar-refractivity contribution in [1.82, 2.24) is 14.8 Å². The minimum atomic E-state index is -0.468. The highest BCUT2D eigenvalue weighted by Crippen LogP contribution is 2.37. The van der Waals surface area contributed by atoms with Crippen LogP contribution in [0.2, 0.25) is 0 Å². The van der Waals surface area contributed by atoms with Crippen LogP contribution in [0.4, 0.5) is 5.69 Å². The van der Waals surface area contributed by atoms with Crippen molar-refractivity contribution in [2.75, 3.05) is 23.8 Å². The molecule has 0 fully saturated rings. The van der Waals surface area contributed by atoms with Crippen molar-refractivity contribution in [2.24, 2.45) is 0 Å². The van der Waals surface area contributed by atoms with E-state index in [4.69, 9.17) is 9.47 Å². The van der Waals surface area contributed by atoms with Gasteiger partial charge in [-0.2, -0.15) is 5.26 Å². The number of carbonyl (C=O) groups excluding carboxylic acids is 1. The Kier molecular flexibility index (Phi) is 7.61. The number of rotatable bonds is 8. The van der Waals surface area contributed by atoms with Gasteiger partial charge in [0.05, 0.1) is 18.2 Å². The lowest BCUT2D eigenvalue weighted by Crippen LogP contribution is -2.33. The Morgan fingerprint density at radius 2 is 1.76 bits per heavy atom. The van der Waals surface area contributed by atoms with E-state index in [9.17, 15) is 10.1 Å². The number of amides is 1. The van der Waals surface area contributed by atoms with Gasteiger partial charge in [-0.1, -0.05) is 48.2 Å². The summed E-state index contributed by atoms with van der Waals surface area (Å²) in [7, 11) is 0. The molecule has 0 saturated heterocycles. The fourth-order valence-corrected chi connectivity index (χ4v) is 5.26. The molecule has 0 bridgehead atoms. The Morgan fingerprint density at radius 3 is 2.50 bits per heavy atom. The molecule has 0 radical (unpaired) electrons. The number of hydrogen-bond acceptors (Lipinski definition) is 7. The summed E-state index contributed by atoms with van der Waals surface area (Å²) in [5, 5.41) is 18.6. The maximum Gasteiger partial charge on any atom is 0.237 e. The van der Waals surface area contributed by atoms with E-state index in [1.807, 2.05) is 85.1 Å². The van der Waals surface area contributed by atoms with E-state index >= 15 is 0 Å². The summed E-state index contributed by atoms with van der Waals surface area (Å²) in [4.78, 5) is 15.1. The van der Waals surface area contributed by atoms with Gasteiger partial charge in [0.2, 0.25) is 5.91 Å². The number of aromatic nitrogens is 3. The topological polar surface area (TPSA) is 93.3 Å². The van der Waals surface area contributed by atoms with Crippen LogP contribution in [0.1, 0.15) is 29.5 Å². The van der Waals surface area contributed by atoms with Crippen LogP contribution >= 0.6 is 11.8 Å². The second kappa shape index (κ2) is 11.4. The average molecular weight is 526 g/mol. The van der Waals surface area contributed by atoms with E-state index in [1.54, 1.807) is 4.90 Å². The molecule has 1 amide bonds. The number of hydrogen-bond donors (Lipinski definition) is 0. The number of benzene rings is 3. The van der Waals surface area contributed by atoms with Crippen LogP contribution < -0.4 is 14.4 Å². The lowest BCUT2D eigenvalue weighted by Gasteiger charge is -2.26. The van der Waals surface area contributed by atoms with Crippen LogP contribution in [-0.4, -0.2) is 39.6 Å². The zero-order valence-electron chi connectivity index (χ0n) is 21.2. The fraction of sp³-hybridized carbons (Fsp3) is 0.241. The van der Waals surface area contributed by atoms with Crippen LogP contribution in [-0.2, 0) is 4.79 Å². The SMILES string of the molecule is Cc1cc(C)cc(N(CCC#N)C(=O)CSc2nnc([C@H]3COc4ccccc4O3)n2-c2ccccc2)c1. The third kappa shape index (κ3) is 5.50. The molecule has 2 heterocycles.